The molecule has 0 heterocycles. The fourth-order valence-corrected chi connectivity index (χ4v) is 0.660. The van der Waals surface area contributed by atoms with Crippen LogP contribution in [0.15, 0.2) is 18.2 Å². The van der Waals surface area contributed by atoms with Gasteiger partial charge in [-0.1, -0.05) is 0 Å². The molecule has 0 saturated heterocycles. The first-order valence-electron chi connectivity index (χ1n) is 2.75. The minimum absolute atomic E-state index is 0. The van der Waals surface area contributed by atoms with Gasteiger partial charge in [0.05, 0.1) is 0 Å². The Morgan fingerprint density at radius 2 is 1.82 bits per heavy atom. The van der Waals surface area contributed by atoms with E-state index in [2.05, 4.69) is 0 Å². The van der Waals surface area contributed by atoms with Gasteiger partial charge in [-0.3, -0.25) is 0 Å². The fourth-order valence-electron chi connectivity index (χ4n) is 0.660. The number of hydrogen-bond acceptors (Lipinski definition) is 3. The van der Waals surface area contributed by atoms with Crippen molar-refractivity contribution >= 4 is 13.3 Å². The molecule has 0 bridgehead atoms. The van der Waals surface area contributed by atoms with Gasteiger partial charge in [-0.15, -0.1) is 0 Å². The minimum Gasteiger partial charge on any atom is -0.870 e. The Morgan fingerprint density at radius 3 is 2.18 bits per heavy atom. The molecule has 0 unspecified atom stereocenters. The number of aromatic hydroxyl groups is 1. The Kier molecular flexibility index (Phi) is 5.48. The van der Waals surface area contributed by atoms with Crippen molar-refractivity contribution in [1.29, 1.82) is 0 Å². The Bertz CT molecular complexity index is 225. The van der Waals surface area contributed by atoms with E-state index in [0.29, 0.717) is 5.46 Å². The van der Waals surface area contributed by atoms with Crippen LogP contribution in [0.25, 0.3) is 0 Å². The normalized spacial score (nSPS) is 7.91. The summed E-state index contributed by atoms with van der Waals surface area (Å²) in [5.41, 5.74) is 1.63. The zero-order valence-corrected chi connectivity index (χ0v) is 6.15. The smallest absolute Gasteiger partial charge is 0.870 e. The summed E-state index contributed by atoms with van der Waals surface area (Å²) in [6.07, 6.45) is 0. The van der Waals surface area contributed by atoms with Crippen molar-refractivity contribution in [3.8, 4) is 5.75 Å². The summed E-state index contributed by atoms with van der Waals surface area (Å²) >= 11 is 0. The predicted octanol–water partition coefficient (Wildman–Crippen LogP) is 0.141. The molecule has 1 aromatic carbocycles. The predicted molar refractivity (Wildman–Crippen MR) is 42.1 cm³/mol. The second-order valence-corrected chi connectivity index (χ2v) is 2.04. The van der Waals surface area contributed by atoms with Crippen LogP contribution in [0.3, 0.4) is 0 Å². The summed E-state index contributed by atoms with van der Waals surface area (Å²) in [4.78, 5) is 0. The first-order valence-corrected chi connectivity index (χ1v) is 2.75. The molecule has 1 rings (SSSR count). The number of benzene rings is 1. The molecule has 4 heteroatoms. The molecule has 0 fully saturated rings. The van der Waals surface area contributed by atoms with Crippen molar-refractivity contribution in [2.45, 2.75) is 6.92 Å². The van der Waals surface area contributed by atoms with Gasteiger partial charge < -0.3 is 11.0 Å². The third-order valence-corrected chi connectivity index (χ3v) is 1.25. The maximum Gasteiger partial charge on any atom is -0.870 e. The number of hydrogen-bond donors (Lipinski definition) is 1. The summed E-state index contributed by atoms with van der Waals surface area (Å²) in [5.74, 6) is 0.265. The molecule has 0 aliphatic heterocycles. The number of phenolic OH excluding ortho intramolecular Hbond substituents is 1. The van der Waals surface area contributed by atoms with E-state index < -0.39 is 0 Å². The van der Waals surface area contributed by atoms with Crippen LogP contribution >= 0.6 is 0 Å². The molecule has 11 heavy (non-hydrogen) atoms. The topological polar surface area (TPSA) is 80.2 Å². The molecule has 0 amide bonds. The van der Waals surface area contributed by atoms with Crippen LogP contribution in [-0.4, -0.2) is 23.9 Å². The van der Waals surface area contributed by atoms with Gasteiger partial charge in [0.2, 0.25) is 0 Å². The zero-order valence-electron chi connectivity index (χ0n) is 6.15. The zero-order chi connectivity index (χ0) is 6.85. The van der Waals surface area contributed by atoms with E-state index in [1.165, 1.54) is 0 Å². The maximum atomic E-state index is 8.88. The van der Waals surface area contributed by atoms with Crippen LogP contribution < -0.4 is 5.46 Å². The van der Waals surface area contributed by atoms with Gasteiger partial charge in [-0.2, -0.15) is 0 Å². The quantitative estimate of drug-likeness (QED) is 0.536. The van der Waals surface area contributed by atoms with E-state index in [1.807, 2.05) is 6.92 Å². The SMILES string of the molecule is [B+2]c1ccc(O)cc1C.[OH-].[OH-]. The van der Waals surface area contributed by atoms with E-state index in [9.17, 15) is 0 Å². The Balaban J connectivity index is 0. The van der Waals surface area contributed by atoms with Crippen LogP contribution in [0, 0.1) is 6.92 Å². The van der Waals surface area contributed by atoms with Crippen LogP contribution in [0.2, 0.25) is 0 Å². The van der Waals surface area contributed by atoms with Crippen molar-refractivity contribution in [2.24, 2.45) is 0 Å². The molecule has 0 aliphatic rings. The molecule has 0 radical (unpaired) electrons. The van der Waals surface area contributed by atoms with E-state index in [0.717, 1.165) is 5.56 Å². The molecule has 3 nitrogen and oxygen atoms in total. The average Bonchev–Trinajstić information content (AvgIpc) is 1.80. The van der Waals surface area contributed by atoms with Gasteiger partial charge in [0.15, 0.2) is 0 Å². The molecule has 3 N–H and O–H groups in total. The van der Waals surface area contributed by atoms with E-state index in [-0.39, 0.29) is 16.7 Å². The average molecular weight is 152 g/mol. The molecule has 0 aromatic heterocycles. The van der Waals surface area contributed by atoms with E-state index in [1.54, 1.807) is 18.2 Å². The second-order valence-electron chi connectivity index (χ2n) is 2.04. The van der Waals surface area contributed by atoms with Gasteiger partial charge >= 0.3 is 54.9 Å². The van der Waals surface area contributed by atoms with Gasteiger partial charge in [-0.05, 0) is 0 Å². The van der Waals surface area contributed by atoms with Crippen molar-refractivity contribution in [3.63, 3.8) is 0 Å². The van der Waals surface area contributed by atoms with Crippen molar-refractivity contribution < 1.29 is 16.1 Å². The monoisotopic (exact) mass is 152 g/mol. The summed E-state index contributed by atoms with van der Waals surface area (Å²) in [7, 11) is 5.48. The van der Waals surface area contributed by atoms with Gasteiger partial charge in [0, 0.05) is 0 Å². The van der Waals surface area contributed by atoms with Crippen LogP contribution in [0.1, 0.15) is 5.56 Å². The molecular weight excluding hydrogens is 143 g/mol. The summed E-state index contributed by atoms with van der Waals surface area (Å²) in [6, 6.07) is 4.89. The van der Waals surface area contributed by atoms with Crippen molar-refractivity contribution in [3.05, 3.63) is 23.8 Å². The third-order valence-electron chi connectivity index (χ3n) is 1.25. The Labute approximate surface area is 66.7 Å². The first kappa shape index (κ1) is 12.7. The molecule has 58 valence electrons. The fraction of sp³-hybridized carbons (Fsp3) is 0.143. The van der Waals surface area contributed by atoms with Crippen molar-refractivity contribution in [1.82, 2.24) is 0 Å². The van der Waals surface area contributed by atoms with Crippen molar-refractivity contribution in [2.75, 3.05) is 0 Å². The molecule has 1 aromatic rings. The number of phenols is 1. The summed E-state index contributed by atoms with van der Waals surface area (Å²) < 4.78 is 0. The maximum absolute atomic E-state index is 8.88. The minimum atomic E-state index is 0. The largest absolute Gasteiger partial charge is 0.870 e. The number of aryl methyl sites for hydroxylation is 1. The second kappa shape index (κ2) is 4.76. The summed E-state index contributed by atoms with van der Waals surface area (Å²) in [6.45, 7) is 1.86. The number of rotatable bonds is 0. The van der Waals surface area contributed by atoms with Crippen LogP contribution in [0.5, 0.6) is 5.75 Å². The van der Waals surface area contributed by atoms with Gasteiger partial charge in [0.25, 0.3) is 0 Å². The summed E-state index contributed by atoms with van der Waals surface area (Å²) in [5, 5.41) is 8.88. The van der Waals surface area contributed by atoms with Crippen LogP contribution in [-0.2, 0) is 0 Å². The van der Waals surface area contributed by atoms with E-state index in [4.69, 9.17) is 13.0 Å². The molecule has 0 atom stereocenters. The molecular formula is C7H9BO3. The van der Waals surface area contributed by atoms with Crippen LogP contribution in [0.4, 0.5) is 0 Å². The first-order chi connectivity index (χ1) is 4.20. The molecule has 0 aliphatic carbocycles. The molecule has 0 spiro atoms. The molecule has 0 saturated carbocycles. The standard InChI is InChI=1S/C7H7BO.2H2O/c1-5-4-6(9)2-3-7(5)8;;/h2-4,9H,1H3;2*1H2/q+2;;/p-2. The third kappa shape index (κ3) is 3.07. The van der Waals surface area contributed by atoms with E-state index >= 15 is 0 Å². The van der Waals surface area contributed by atoms with Gasteiger partial charge in [-0.25, -0.2) is 0 Å². The Morgan fingerprint density at radius 1 is 1.27 bits per heavy atom. The Hall–Kier alpha value is -0.995. The van der Waals surface area contributed by atoms with Gasteiger partial charge in [0.1, 0.15) is 0 Å².